The van der Waals surface area contributed by atoms with Gasteiger partial charge < -0.3 is 0 Å². The molecule has 0 bridgehead atoms. The molecule has 102 valence electrons. The van der Waals surface area contributed by atoms with Crippen molar-refractivity contribution in [2.75, 3.05) is 6.54 Å². The SMILES string of the molecule is CCCCCCN=CCC(=O)Cc1ccsc1.Cl. The van der Waals surface area contributed by atoms with E-state index in [9.17, 15) is 4.79 Å². The Bertz CT molecular complexity index is 336. The lowest BCUT2D eigenvalue weighted by Crippen LogP contribution is -2.02. The monoisotopic (exact) mass is 287 g/mol. The summed E-state index contributed by atoms with van der Waals surface area (Å²) in [5.41, 5.74) is 1.12. The summed E-state index contributed by atoms with van der Waals surface area (Å²) < 4.78 is 0. The Labute approximate surface area is 120 Å². The molecule has 0 saturated heterocycles. The minimum atomic E-state index is 0. The van der Waals surface area contributed by atoms with Crippen LogP contribution in [0.1, 0.15) is 44.6 Å². The molecular formula is C14H22ClNOS. The van der Waals surface area contributed by atoms with Crippen LogP contribution in [0.15, 0.2) is 21.8 Å². The van der Waals surface area contributed by atoms with E-state index in [4.69, 9.17) is 0 Å². The van der Waals surface area contributed by atoms with Crippen molar-refractivity contribution in [2.24, 2.45) is 4.99 Å². The lowest BCUT2D eigenvalue weighted by Gasteiger charge is -1.95. The molecule has 18 heavy (non-hydrogen) atoms. The molecule has 1 aromatic rings. The van der Waals surface area contributed by atoms with Gasteiger partial charge in [-0.05, 0) is 28.8 Å². The first-order chi connectivity index (χ1) is 8.33. The maximum Gasteiger partial charge on any atom is 0.142 e. The number of carbonyl (C=O) groups is 1. The van der Waals surface area contributed by atoms with Gasteiger partial charge in [0.05, 0.1) is 0 Å². The number of ketones is 1. The van der Waals surface area contributed by atoms with Crippen LogP contribution < -0.4 is 0 Å². The largest absolute Gasteiger partial charge is 0.299 e. The molecule has 0 aliphatic rings. The highest BCUT2D eigenvalue weighted by atomic mass is 35.5. The zero-order valence-electron chi connectivity index (χ0n) is 10.9. The molecule has 0 aliphatic heterocycles. The van der Waals surface area contributed by atoms with E-state index < -0.39 is 0 Å². The average molecular weight is 288 g/mol. The van der Waals surface area contributed by atoms with E-state index in [0.717, 1.165) is 18.5 Å². The molecular weight excluding hydrogens is 266 g/mol. The van der Waals surface area contributed by atoms with Crippen LogP contribution >= 0.6 is 23.7 Å². The number of carbonyl (C=O) groups excluding carboxylic acids is 1. The molecule has 0 fully saturated rings. The molecule has 0 radical (unpaired) electrons. The maximum atomic E-state index is 11.6. The molecule has 0 atom stereocenters. The summed E-state index contributed by atoms with van der Waals surface area (Å²) >= 11 is 1.64. The Hall–Kier alpha value is -0.670. The second-order valence-corrected chi connectivity index (χ2v) is 4.98. The minimum absolute atomic E-state index is 0. The van der Waals surface area contributed by atoms with Gasteiger partial charge in [0.25, 0.3) is 0 Å². The maximum absolute atomic E-state index is 11.6. The summed E-state index contributed by atoms with van der Waals surface area (Å²) in [5, 5.41) is 4.03. The van der Waals surface area contributed by atoms with Crippen molar-refractivity contribution in [3.05, 3.63) is 22.4 Å². The summed E-state index contributed by atoms with van der Waals surface area (Å²) in [6, 6.07) is 2.00. The number of halogens is 1. The van der Waals surface area contributed by atoms with E-state index in [0.29, 0.717) is 12.8 Å². The van der Waals surface area contributed by atoms with Crippen LogP contribution in [0.4, 0.5) is 0 Å². The van der Waals surface area contributed by atoms with Gasteiger partial charge in [0.2, 0.25) is 0 Å². The number of Topliss-reactive ketones (excluding diaryl/α,β-unsaturated/α-hetero) is 1. The minimum Gasteiger partial charge on any atom is -0.299 e. The first kappa shape index (κ1) is 17.3. The Balaban J connectivity index is 0.00000289. The fourth-order valence-corrected chi connectivity index (χ4v) is 2.25. The zero-order chi connectivity index (χ0) is 12.3. The molecule has 0 unspecified atom stereocenters. The van der Waals surface area contributed by atoms with Gasteiger partial charge in [-0.2, -0.15) is 11.3 Å². The summed E-state index contributed by atoms with van der Waals surface area (Å²) in [6.07, 6.45) is 7.73. The lowest BCUT2D eigenvalue weighted by molar-refractivity contribution is -0.117. The Morgan fingerprint density at radius 2 is 2.22 bits per heavy atom. The van der Waals surface area contributed by atoms with Crippen molar-refractivity contribution in [2.45, 2.75) is 45.4 Å². The molecule has 4 heteroatoms. The topological polar surface area (TPSA) is 29.4 Å². The molecule has 0 aliphatic carbocycles. The highest BCUT2D eigenvalue weighted by Gasteiger charge is 2.01. The van der Waals surface area contributed by atoms with Crippen molar-refractivity contribution < 1.29 is 4.79 Å². The summed E-state index contributed by atoms with van der Waals surface area (Å²) in [7, 11) is 0. The van der Waals surface area contributed by atoms with E-state index in [1.165, 1.54) is 19.3 Å². The van der Waals surface area contributed by atoms with Gasteiger partial charge in [-0.3, -0.25) is 9.79 Å². The fraction of sp³-hybridized carbons (Fsp3) is 0.571. The van der Waals surface area contributed by atoms with Crippen LogP contribution in [0.5, 0.6) is 0 Å². The quantitative estimate of drug-likeness (QED) is 0.491. The van der Waals surface area contributed by atoms with Gasteiger partial charge >= 0.3 is 0 Å². The van der Waals surface area contributed by atoms with Gasteiger partial charge in [-0.25, -0.2) is 0 Å². The molecule has 0 spiro atoms. The number of thiophene rings is 1. The third-order valence-corrected chi connectivity index (χ3v) is 3.30. The number of hydrogen-bond acceptors (Lipinski definition) is 3. The van der Waals surface area contributed by atoms with Crippen LogP contribution in [0, 0.1) is 0 Å². The van der Waals surface area contributed by atoms with Crippen molar-refractivity contribution in [1.29, 1.82) is 0 Å². The molecule has 1 aromatic heterocycles. The smallest absolute Gasteiger partial charge is 0.142 e. The van der Waals surface area contributed by atoms with Gasteiger partial charge in [-0.15, -0.1) is 12.4 Å². The Morgan fingerprint density at radius 3 is 2.89 bits per heavy atom. The third-order valence-electron chi connectivity index (χ3n) is 2.57. The van der Waals surface area contributed by atoms with Gasteiger partial charge in [-0.1, -0.05) is 26.2 Å². The number of rotatable bonds is 9. The van der Waals surface area contributed by atoms with Crippen molar-refractivity contribution in [3.8, 4) is 0 Å². The molecule has 1 rings (SSSR count). The number of nitrogens with zero attached hydrogens (tertiary/aromatic N) is 1. The van der Waals surface area contributed by atoms with E-state index >= 15 is 0 Å². The van der Waals surface area contributed by atoms with E-state index in [2.05, 4.69) is 11.9 Å². The predicted octanol–water partition coefficient (Wildman–Crippen LogP) is 4.32. The predicted molar refractivity (Wildman–Crippen MR) is 82.4 cm³/mol. The Morgan fingerprint density at radius 1 is 1.39 bits per heavy atom. The van der Waals surface area contributed by atoms with Crippen molar-refractivity contribution in [1.82, 2.24) is 0 Å². The van der Waals surface area contributed by atoms with Crippen molar-refractivity contribution in [3.63, 3.8) is 0 Å². The zero-order valence-corrected chi connectivity index (χ0v) is 12.6. The summed E-state index contributed by atoms with van der Waals surface area (Å²) in [5.74, 6) is 0.251. The standard InChI is InChI=1S/C14H21NOS.ClH/c1-2-3-4-5-8-15-9-6-14(16)11-13-7-10-17-12-13;/h7,9-10,12H,2-6,8,11H2,1H3;1H. The number of unbranched alkanes of at least 4 members (excludes halogenated alkanes) is 3. The number of hydrogen-bond donors (Lipinski definition) is 0. The van der Waals surface area contributed by atoms with Gasteiger partial charge in [0, 0.05) is 25.6 Å². The average Bonchev–Trinajstić information content (AvgIpc) is 2.80. The fourth-order valence-electron chi connectivity index (χ4n) is 1.58. The first-order valence-corrected chi connectivity index (χ1v) is 7.28. The lowest BCUT2D eigenvalue weighted by atomic mass is 10.1. The highest BCUT2D eigenvalue weighted by Crippen LogP contribution is 2.07. The second kappa shape index (κ2) is 11.4. The molecule has 1 heterocycles. The van der Waals surface area contributed by atoms with Crippen LogP contribution in [-0.2, 0) is 11.2 Å². The highest BCUT2D eigenvalue weighted by molar-refractivity contribution is 7.07. The van der Waals surface area contributed by atoms with Crippen LogP contribution in [0.2, 0.25) is 0 Å². The third kappa shape index (κ3) is 8.43. The normalized spacial score (nSPS) is 10.5. The molecule has 0 N–H and O–H groups in total. The molecule has 0 saturated carbocycles. The number of aliphatic imine (C=N–C) groups is 1. The van der Waals surface area contributed by atoms with Gasteiger partial charge in [0.1, 0.15) is 5.78 Å². The van der Waals surface area contributed by atoms with E-state index in [-0.39, 0.29) is 18.2 Å². The van der Waals surface area contributed by atoms with Crippen LogP contribution in [0.3, 0.4) is 0 Å². The molecule has 0 aromatic carbocycles. The van der Waals surface area contributed by atoms with Gasteiger partial charge in [0.15, 0.2) is 0 Å². The van der Waals surface area contributed by atoms with E-state index in [1.807, 2.05) is 16.8 Å². The molecule has 2 nitrogen and oxygen atoms in total. The van der Waals surface area contributed by atoms with E-state index in [1.54, 1.807) is 17.6 Å². The molecule has 0 amide bonds. The first-order valence-electron chi connectivity index (χ1n) is 6.34. The van der Waals surface area contributed by atoms with Crippen molar-refractivity contribution >= 4 is 35.7 Å². The van der Waals surface area contributed by atoms with Crippen LogP contribution in [-0.4, -0.2) is 18.5 Å². The second-order valence-electron chi connectivity index (χ2n) is 4.20. The summed E-state index contributed by atoms with van der Waals surface area (Å²) in [6.45, 7) is 3.07. The Kier molecular flexibility index (Phi) is 11.0. The summed E-state index contributed by atoms with van der Waals surface area (Å²) in [4.78, 5) is 15.8. The van der Waals surface area contributed by atoms with Crippen LogP contribution in [0.25, 0.3) is 0 Å².